The summed E-state index contributed by atoms with van der Waals surface area (Å²) in [6.07, 6.45) is 2.74. The number of morpholine rings is 1. The van der Waals surface area contributed by atoms with Crippen molar-refractivity contribution < 1.29 is 9.53 Å². The molecule has 1 saturated heterocycles. The molecule has 2 aromatic carbocycles. The molecule has 0 spiro atoms. The minimum atomic E-state index is -0.0684. The van der Waals surface area contributed by atoms with E-state index in [0.717, 1.165) is 51.0 Å². The second kappa shape index (κ2) is 9.05. The quantitative estimate of drug-likeness (QED) is 0.697. The minimum absolute atomic E-state index is 0.0684. The van der Waals surface area contributed by atoms with Crippen molar-refractivity contribution >= 4 is 17.7 Å². The maximum atomic E-state index is 11.8. The van der Waals surface area contributed by atoms with Gasteiger partial charge < -0.3 is 19.3 Å². The van der Waals surface area contributed by atoms with Gasteiger partial charge in [-0.3, -0.25) is 0 Å². The van der Waals surface area contributed by atoms with Crippen LogP contribution in [0.25, 0.3) is 0 Å². The van der Waals surface area contributed by atoms with Gasteiger partial charge in [-0.05, 0) is 35.6 Å². The van der Waals surface area contributed by atoms with Crippen LogP contribution in [-0.2, 0) is 16.0 Å². The highest BCUT2D eigenvalue weighted by atomic mass is 16.5. The van der Waals surface area contributed by atoms with E-state index in [0.29, 0.717) is 0 Å². The van der Waals surface area contributed by atoms with Crippen molar-refractivity contribution in [1.82, 2.24) is 0 Å². The highest BCUT2D eigenvalue weighted by Crippen LogP contribution is 2.39. The summed E-state index contributed by atoms with van der Waals surface area (Å²) < 4.78 is 5.54. The topological polar surface area (TPSA) is 32.8 Å². The van der Waals surface area contributed by atoms with Crippen molar-refractivity contribution in [3.63, 3.8) is 0 Å². The van der Waals surface area contributed by atoms with Gasteiger partial charge in [0.05, 0.1) is 24.6 Å². The van der Waals surface area contributed by atoms with E-state index in [1.165, 1.54) is 22.5 Å². The van der Waals surface area contributed by atoms with Crippen LogP contribution in [0, 0.1) is 0 Å². The van der Waals surface area contributed by atoms with Crippen LogP contribution in [0.5, 0.6) is 0 Å². The molecule has 0 aliphatic carbocycles. The largest absolute Gasteiger partial charge is 0.378 e. The lowest BCUT2D eigenvalue weighted by Crippen LogP contribution is -2.37. The van der Waals surface area contributed by atoms with Gasteiger partial charge in [0.25, 0.3) is 0 Å². The van der Waals surface area contributed by atoms with Gasteiger partial charge in [-0.25, -0.2) is 0 Å². The number of rotatable bonds is 7. The molecular formula is C23H30N2O2. The third-order valence-corrected chi connectivity index (χ3v) is 5.32. The SMILES string of the molecule is CCC(C=O)c1ccc(N2CCOCC2)c(N(C)C)c1Cc1ccccc1. The zero-order chi connectivity index (χ0) is 19.2. The van der Waals surface area contributed by atoms with Crippen LogP contribution in [0.2, 0.25) is 0 Å². The van der Waals surface area contributed by atoms with Gasteiger partial charge in [0.15, 0.2) is 0 Å². The van der Waals surface area contributed by atoms with E-state index in [4.69, 9.17) is 4.74 Å². The van der Waals surface area contributed by atoms with E-state index < -0.39 is 0 Å². The molecule has 0 aromatic heterocycles. The first-order chi connectivity index (χ1) is 13.2. The summed E-state index contributed by atoms with van der Waals surface area (Å²) in [5.74, 6) is -0.0684. The summed E-state index contributed by atoms with van der Waals surface area (Å²) in [4.78, 5) is 16.4. The molecule has 1 fully saturated rings. The van der Waals surface area contributed by atoms with Crippen molar-refractivity contribution in [2.24, 2.45) is 0 Å². The highest BCUT2D eigenvalue weighted by molar-refractivity contribution is 5.79. The third kappa shape index (κ3) is 4.33. The minimum Gasteiger partial charge on any atom is -0.378 e. The van der Waals surface area contributed by atoms with Crippen molar-refractivity contribution in [3.8, 4) is 0 Å². The Hall–Kier alpha value is -2.33. The molecule has 3 rings (SSSR count). The van der Waals surface area contributed by atoms with E-state index in [2.05, 4.69) is 67.2 Å². The van der Waals surface area contributed by atoms with Crippen LogP contribution in [0.3, 0.4) is 0 Å². The molecule has 2 aromatic rings. The first-order valence-electron chi connectivity index (χ1n) is 9.80. The summed E-state index contributed by atoms with van der Waals surface area (Å²) in [5.41, 5.74) is 6.13. The summed E-state index contributed by atoms with van der Waals surface area (Å²) in [6.45, 7) is 5.39. The normalized spacial score (nSPS) is 15.4. The van der Waals surface area contributed by atoms with Gasteiger partial charge in [-0.2, -0.15) is 0 Å². The van der Waals surface area contributed by atoms with Crippen molar-refractivity contribution in [1.29, 1.82) is 0 Å². The third-order valence-electron chi connectivity index (χ3n) is 5.32. The smallest absolute Gasteiger partial charge is 0.127 e. The van der Waals surface area contributed by atoms with E-state index >= 15 is 0 Å². The highest BCUT2D eigenvalue weighted by Gasteiger charge is 2.23. The molecule has 0 radical (unpaired) electrons. The lowest BCUT2D eigenvalue weighted by atomic mass is 9.87. The zero-order valence-electron chi connectivity index (χ0n) is 16.6. The number of benzene rings is 2. The number of hydrogen-bond acceptors (Lipinski definition) is 4. The maximum absolute atomic E-state index is 11.8. The monoisotopic (exact) mass is 366 g/mol. The van der Waals surface area contributed by atoms with Gasteiger partial charge >= 0.3 is 0 Å². The molecule has 0 amide bonds. The molecule has 0 N–H and O–H groups in total. The van der Waals surface area contributed by atoms with E-state index in [9.17, 15) is 4.79 Å². The molecule has 4 heteroatoms. The van der Waals surface area contributed by atoms with Crippen LogP contribution in [-0.4, -0.2) is 46.7 Å². The van der Waals surface area contributed by atoms with Gasteiger partial charge in [0, 0.05) is 33.1 Å². The molecule has 144 valence electrons. The fourth-order valence-corrected chi connectivity index (χ4v) is 3.92. The summed E-state index contributed by atoms with van der Waals surface area (Å²) in [7, 11) is 4.19. The number of carbonyl (C=O) groups is 1. The van der Waals surface area contributed by atoms with Crippen LogP contribution >= 0.6 is 0 Å². The average Bonchev–Trinajstić information content (AvgIpc) is 2.70. The lowest BCUT2D eigenvalue weighted by Gasteiger charge is -2.34. The predicted octanol–water partition coefficient (Wildman–Crippen LogP) is 3.87. The Morgan fingerprint density at radius 1 is 1.11 bits per heavy atom. The van der Waals surface area contributed by atoms with Crippen molar-refractivity contribution in [2.45, 2.75) is 25.7 Å². The lowest BCUT2D eigenvalue weighted by molar-refractivity contribution is -0.109. The van der Waals surface area contributed by atoms with Crippen molar-refractivity contribution in [3.05, 3.63) is 59.2 Å². The Balaban J connectivity index is 2.14. The molecule has 1 aliphatic heterocycles. The molecule has 4 nitrogen and oxygen atoms in total. The molecule has 0 saturated carbocycles. The van der Waals surface area contributed by atoms with Crippen molar-refractivity contribution in [2.75, 3.05) is 50.2 Å². The van der Waals surface area contributed by atoms with Crippen LogP contribution in [0.4, 0.5) is 11.4 Å². The summed E-state index contributed by atoms with van der Waals surface area (Å²) in [6, 6.07) is 14.9. The fraction of sp³-hybridized carbons (Fsp3) is 0.435. The molecule has 0 bridgehead atoms. The number of carbonyl (C=O) groups excluding carboxylic acids is 1. The number of ether oxygens (including phenoxy) is 1. The van der Waals surface area contributed by atoms with E-state index in [1.54, 1.807) is 0 Å². The number of hydrogen-bond donors (Lipinski definition) is 0. The second-order valence-corrected chi connectivity index (χ2v) is 7.31. The van der Waals surface area contributed by atoms with Gasteiger partial charge in [-0.1, -0.05) is 43.3 Å². The zero-order valence-corrected chi connectivity index (χ0v) is 16.6. The number of aldehydes is 1. The fourth-order valence-electron chi connectivity index (χ4n) is 3.92. The number of nitrogens with zero attached hydrogens (tertiary/aromatic N) is 2. The van der Waals surface area contributed by atoms with Gasteiger partial charge in [0.1, 0.15) is 6.29 Å². The Morgan fingerprint density at radius 2 is 1.81 bits per heavy atom. The van der Waals surface area contributed by atoms with Crippen LogP contribution < -0.4 is 9.80 Å². The molecule has 27 heavy (non-hydrogen) atoms. The average molecular weight is 367 g/mol. The maximum Gasteiger partial charge on any atom is 0.127 e. The van der Waals surface area contributed by atoms with Crippen LogP contribution in [0.15, 0.2) is 42.5 Å². The standard InChI is InChI=1S/C23H30N2O2/c1-4-19(17-26)20-10-11-22(25-12-14-27-15-13-25)23(24(2)3)21(20)16-18-8-6-5-7-9-18/h5-11,17,19H,4,12-16H2,1-3H3. The van der Waals surface area contributed by atoms with Gasteiger partial charge in [0.2, 0.25) is 0 Å². The Bertz CT molecular complexity index is 752. The Labute approximate surface area is 162 Å². The molecule has 1 atom stereocenters. The first kappa shape index (κ1) is 19.4. The summed E-state index contributed by atoms with van der Waals surface area (Å²) >= 11 is 0. The van der Waals surface area contributed by atoms with Crippen LogP contribution in [0.1, 0.15) is 36.0 Å². The summed E-state index contributed by atoms with van der Waals surface area (Å²) in [5, 5.41) is 0. The Kier molecular flexibility index (Phi) is 6.51. The second-order valence-electron chi connectivity index (χ2n) is 7.31. The van der Waals surface area contributed by atoms with Gasteiger partial charge in [-0.15, -0.1) is 0 Å². The Morgan fingerprint density at radius 3 is 2.41 bits per heavy atom. The molecule has 1 heterocycles. The molecule has 1 aliphatic rings. The van der Waals surface area contributed by atoms with E-state index in [-0.39, 0.29) is 5.92 Å². The number of anilines is 2. The van der Waals surface area contributed by atoms with E-state index in [1.807, 2.05) is 6.07 Å². The molecular weight excluding hydrogens is 336 g/mol. The molecule has 1 unspecified atom stereocenters. The predicted molar refractivity (Wildman–Crippen MR) is 112 cm³/mol. The first-order valence-corrected chi connectivity index (χ1v) is 9.80.